The molecule has 0 amide bonds. The van der Waals surface area contributed by atoms with Gasteiger partial charge in [-0.25, -0.2) is 13.2 Å². The van der Waals surface area contributed by atoms with Gasteiger partial charge in [-0.3, -0.25) is 0 Å². The van der Waals surface area contributed by atoms with Gasteiger partial charge in [-0.1, -0.05) is 29.8 Å². The second-order valence-electron chi connectivity index (χ2n) is 4.87. The molecule has 0 bridgehead atoms. The van der Waals surface area contributed by atoms with Crippen molar-refractivity contribution in [2.45, 2.75) is 26.4 Å². The van der Waals surface area contributed by atoms with Crippen LogP contribution >= 0.6 is 0 Å². The summed E-state index contributed by atoms with van der Waals surface area (Å²) in [6, 6.07) is 9.38. The van der Waals surface area contributed by atoms with Crippen molar-refractivity contribution < 1.29 is 13.2 Å². The van der Waals surface area contributed by atoms with Crippen molar-refractivity contribution in [2.75, 3.05) is 0 Å². The average molecular weight is 279 g/mol. The predicted octanol–water partition coefficient (Wildman–Crippen LogP) is 4.26. The molecule has 0 radical (unpaired) electrons. The molecule has 4 heteroatoms. The molecule has 0 aliphatic heterocycles. The van der Waals surface area contributed by atoms with Gasteiger partial charge in [0, 0.05) is 24.2 Å². The summed E-state index contributed by atoms with van der Waals surface area (Å²) in [7, 11) is 0. The number of benzene rings is 2. The van der Waals surface area contributed by atoms with E-state index in [2.05, 4.69) is 5.32 Å². The van der Waals surface area contributed by atoms with Crippen LogP contribution in [-0.4, -0.2) is 0 Å². The summed E-state index contributed by atoms with van der Waals surface area (Å²) in [5, 5.41) is 3.10. The second-order valence-corrected chi connectivity index (χ2v) is 4.87. The van der Waals surface area contributed by atoms with E-state index in [0.717, 1.165) is 17.2 Å². The summed E-state index contributed by atoms with van der Waals surface area (Å²) >= 11 is 0. The fourth-order valence-corrected chi connectivity index (χ4v) is 2.02. The van der Waals surface area contributed by atoms with Gasteiger partial charge in [-0.2, -0.15) is 0 Å². The van der Waals surface area contributed by atoms with Crippen molar-refractivity contribution in [3.8, 4) is 0 Å². The lowest BCUT2D eigenvalue weighted by atomic mass is 10.1. The van der Waals surface area contributed by atoms with Crippen LogP contribution < -0.4 is 5.32 Å². The Morgan fingerprint density at radius 2 is 1.70 bits per heavy atom. The molecule has 0 aliphatic carbocycles. The Kier molecular flexibility index (Phi) is 4.45. The Hall–Kier alpha value is -1.81. The van der Waals surface area contributed by atoms with Gasteiger partial charge < -0.3 is 5.32 Å². The number of halogens is 3. The minimum absolute atomic E-state index is 0.0117. The zero-order valence-corrected chi connectivity index (χ0v) is 11.4. The standard InChI is InChI=1S/C16H16F3N/c1-10-4-3-5-12(6-10)11(2)20-9-13-7-15(18)16(19)8-14(13)17/h3-8,11,20H,9H2,1-2H3/t11-/m1/s1. The van der Waals surface area contributed by atoms with Crippen molar-refractivity contribution >= 4 is 0 Å². The number of aryl methyl sites for hydroxylation is 1. The van der Waals surface area contributed by atoms with E-state index in [1.807, 2.05) is 38.1 Å². The summed E-state index contributed by atoms with van der Waals surface area (Å²) in [5.41, 5.74) is 2.31. The Morgan fingerprint density at radius 1 is 1.00 bits per heavy atom. The predicted molar refractivity (Wildman–Crippen MR) is 72.7 cm³/mol. The third-order valence-electron chi connectivity index (χ3n) is 3.23. The minimum Gasteiger partial charge on any atom is -0.306 e. The molecular weight excluding hydrogens is 263 g/mol. The fraction of sp³-hybridized carbons (Fsp3) is 0.250. The topological polar surface area (TPSA) is 12.0 Å². The van der Waals surface area contributed by atoms with Gasteiger partial charge in [0.2, 0.25) is 0 Å². The van der Waals surface area contributed by atoms with Crippen LogP contribution in [-0.2, 0) is 6.54 Å². The lowest BCUT2D eigenvalue weighted by molar-refractivity contribution is 0.482. The summed E-state index contributed by atoms with van der Waals surface area (Å²) in [5.74, 6) is -2.95. The monoisotopic (exact) mass is 279 g/mol. The van der Waals surface area contributed by atoms with Crippen LogP contribution in [0.1, 0.15) is 29.7 Å². The molecule has 20 heavy (non-hydrogen) atoms. The maximum Gasteiger partial charge on any atom is 0.161 e. The van der Waals surface area contributed by atoms with Crippen LogP contribution in [0.2, 0.25) is 0 Å². The van der Waals surface area contributed by atoms with Crippen molar-refractivity contribution in [3.63, 3.8) is 0 Å². The first-order valence-electron chi connectivity index (χ1n) is 6.40. The summed E-state index contributed by atoms with van der Waals surface area (Å²) in [6.07, 6.45) is 0. The molecule has 0 unspecified atom stereocenters. The molecule has 1 N–H and O–H groups in total. The van der Waals surface area contributed by atoms with E-state index in [0.29, 0.717) is 6.07 Å². The van der Waals surface area contributed by atoms with Crippen LogP contribution in [0.25, 0.3) is 0 Å². The van der Waals surface area contributed by atoms with E-state index in [9.17, 15) is 13.2 Å². The largest absolute Gasteiger partial charge is 0.306 e. The molecule has 1 atom stereocenters. The number of hydrogen-bond donors (Lipinski definition) is 1. The Balaban J connectivity index is 2.07. The number of rotatable bonds is 4. The van der Waals surface area contributed by atoms with E-state index < -0.39 is 17.5 Å². The molecule has 2 aromatic rings. The van der Waals surface area contributed by atoms with E-state index in [1.54, 1.807) is 0 Å². The highest BCUT2D eigenvalue weighted by atomic mass is 19.2. The van der Waals surface area contributed by atoms with Gasteiger partial charge in [0.1, 0.15) is 5.82 Å². The first-order chi connectivity index (χ1) is 9.47. The summed E-state index contributed by atoms with van der Waals surface area (Å²) in [4.78, 5) is 0. The van der Waals surface area contributed by atoms with Gasteiger partial charge in [0.05, 0.1) is 0 Å². The Bertz CT molecular complexity index is 611. The molecule has 0 aliphatic rings. The fourth-order valence-electron chi connectivity index (χ4n) is 2.02. The number of hydrogen-bond acceptors (Lipinski definition) is 1. The highest BCUT2D eigenvalue weighted by molar-refractivity contribution is 5.25. The van der Waals surface area contributed by atoms with Crippen molar-refractivity contribution in [2.24, 2.45) is 0 Å². The zero-order chi connectivity index (χ0) is 14.7. The first kappa shape index (κ1) is 14.6. The lowest BCUT2D eigenvalue weighted by Crippen LogP contribution is -2.19. The third kappa shape index (κ3) is 3.39. The highest BCUT2D eigenvalue weighted by Crippen LogP contribution is 2.17. The van der Waals surface area contributed by atoms with Gasteiger partial charge >= 0.3 is 0 Å². The SMILES string of the molecule is Cc1cccc([C@@H](C)NCc2cc(F)c(F)cc2F)c1. The maximum atomic E-state index is 13.5. The lowest BCUT2D eigenvalue weighted by Gasteiger charge is -2.15. The van der Waals surface area contributed by atoms with E-state index >= 15 is 0 Å². The van der Waals surface area contributed by atoms with Gasteiger partial charge in [-0.05, 0) is 25.5 Å². The molecule has 0 spiro atoms. The molecule has 2 rings (SSSR count). The van der Waals surface area contributed by atoms with Crippen LogP contribution in [0.15, 0.2) is 36.4 Å². The maximum absolute atomic E-state index is 13.5. The van der Waals surface area contributed by atoms with E-state index in [1.165, 1.54) is 0 Å². The molecule has 0 saturated carbocycles. The molecule has 0 fully saturated rings. The third-order valence-corrected chi connectivity index (χ3v) is 3.23. The van der Waals surface area contributed by atoms with E-state index in [-0.39, 0.29) is 18.2 Å². The average Bonchev–Trinajstić information content (AvgIpc) is 2.41. The van der Waals surface area contributed by atoms with Crippen LogP contribution in [0.5, 0.6) is 0 Å². The van der Waals surface area contributed by atoms with Crippen molar-refractivity contribution in [1.82, 2.24) is 5.32 Å². The number of nitrogens with one attached hydrogen (secondary N) is 1. The van der Waals surface area contributed by atoms with Crippen LogP contribution in [0, 0.1) is 24.4 Å². The molecule has 0 aromatic heterocycles. The van der Waals surface area contributed by atoms with Crippen molar-refractivity contribution in [1.29, 1.82) is 0 Å². The minimum atomic E-state index is -1.17. The quantitative estimate of drug-likeness (QED) is 0.824. The first-order valence-corrected chi connectivity index (χ1v) is 6.40. The molecule has 106 valence electrons. The van der Waals surface area contributed by atoms with Gasteiger partial charge in [0.15, 0.2) is 11.6 Å². The van der Waals surface area contributed by atoms with Crippen LogP contribution in [0.3, 0.4) is 0 Å². The smallest absolute Gasteiger partial charge is 0.161 e. The Labute approximate surface area is 116 Å². The second kappa shape index (κ2) is 6.09. The molecule has 1 nitrogen and oxygen atoms in total. The van der Waals surface area contributed by atoms with Gasteiger partial charge in [0.25, 0.3) is 0 Å². The zero-order valence-electron chi connectivity index (χ0n) is 11.4. The molecule has 2 aromatic carbocycles. The van der Waals surface area contributed by atoms with E-state index in [4.69, 9.17) is 0 Å². The normalized spacial score (nSPS) is 12.4. The summed E-state index contributed by atoms with van der Waals surface area (Å²) in [6.45, 7) is 4.07. The van der Waals surface area contributed by atoms with Crippen LogP contribution in [0.4, 0.5) is 13.2 Å². The van der Waals surface area contributed by atoms with Gasteiger partial charge in [-0.15, -0.1) is 0 Å². The highest BCUT2D eigenvalue weighted by Gasteiger charge is 2.11. The summed E-state index contributed by atoms with van der Waals surface area (Å²) < 4.78 is 39.4. The Morgan fingerprint density at radius 3 is 2.40 bits per heavy atom. The molecular formula is C16H16F3N. The van der Waals surface area contributed by atoms with Crippen molar-refractivity contribution in [3.05, 3.63) is 70.5 Å². The molecule has 0 heterocycles. The molecule has 0 saturated heterocycles.